The van der Waals surface area contributed by atoms with E-state index in [1.807, 2.05) is 0 Å². The Morgan fingerprint density at radius 1 is 1.37 bits per heavy atom. The normalized spacial score (nSPS) is 27.7. The van der Waals surface area contributed by atoms with E-state index in [0.29, 0.717) is 12.5 Å². The van der Waals surface area contributed by atoms with Crippen molar-refractivity contribution in [1.82, 2.24) is 9.80 Å². The summed E-state index contributed by atoms with van der Waals surface area (Å²) >= 11 is 0. The second-order valence-electron chi connectivity index (χ2n) is 6.51. The van der Waals surface area contributed by atoms with Crippen molar-refractivity contribution in [2.45, 2.75) is 44.7 Å². The number of nitrogens with zero attached hydrogens (tertiary/aromatic N) is 2. The molecule has 1 heterocycles. The summed E-state index contributed by atoms with van der Waals surface area (Å²) in [6.07, 6.45) is 2.70. The lowest BCUT2D eigenvalue weighted by Gasteiger charge is -2.23. The van der Waals surface area contributed by atoms with Crippen molar-refractivity contribution in [2.24, 2.45) is 17.4 Å². The SMILES string of the molecule is CC1CN(CCCCC(C)(N)C(N)=O)CC1N(C)C. The number of carbonyl (C=O) groups is 1. The lowest BCUT2D eigenvalue weighted by atomic mass is 9.95. The molecule has 1 aliphatic heterocycles. The van der Waals surface area contributed by atoms with Gasteiger partial charge < -0.3 is 21.3 Å². The molecule has 19 heavy (non-hydrogen) atoms. The van der Waals surface area contributed by atoms with Gasteiger partial charge >= 0.3 is 0 Å². The summed E-state index contributed by atoms with van der Waals surface area (Å²) in [5.41, 5.74) is 10.3. The number of amides is 1. The molecule has 1 rings (SSSR count). The molecule has 3 unspecified atom stereocenters. The first-order valence-corrected chi connectivity index (χ1v) is 7.21. The predicted molar refractivity (Wildman–Crippen MR) is 78.7 cm³/mol. The van der Waals surface area contributed by atoms with Gasteiger partial charge in [0.15, 0.2) is 0 Å². The Balaban J connectivity index is 2.23. The van der Waals surface area contributed by atoms with E-state index in [0.717, 1.165) is 31.8 Å². The number of unbranched alkanes of at least 4 members (excludes halogenated alkanes) is 1. The molecule has 5 nitrogen and oxygen atoms in total. The van der Waals surface area contributed by atoms with Gasteiger partial charge in [-0.1, -0.05) is 6.92 Å². The topological polar surface area (TPSA) is 75.6 Å². The Morgan fingerprint density at radius 2 is 2.00 bits per heavy atom. The number of hydrogen-bond acceptors (Lipinski definition) is 4. The van der Waals surface area contributed by atoms with E-state index in [9.17, 15) is 4.79 Å². The van der Waals surface area contributed by atoms with Crippen LogP contribution in [0.3, 0.4) is 0 Å². The van der Waals surface area contributed by atoms with Crippen molar-refractivity contribution in [3.8, 4) is 0 Å². The lowest BCUT2D eigenvalue weighted by molar-refractivity contribution is -0.122. The molecule has 1 fully saturated rings. The monoisotopic (exact) mass is 270 g/mol. The van der Waals surface area contributed by atoms with Gasteiger partial charge in [-0.3, -0.25) is 4.79 Å². The van der Waals surface area contributed by atoms with Crippen LogP contribution >= 0.6 is 0 Å². The Hall–Kier alpha value is -0.650. The largest absolute Gasteiger partial charge is 0.368 e. The van der Waals surface area contributed by atoms with Gasteiger partial charge in [0.2, 0.25) is 5.91 Å². The van der Waals surface area contributed by atoms with Gasteiger partial charge in [-0.15, -0.1) is 0 Å². The molecular weight excluding hydrogens is 240 g/mol. The minimum absolute atomic E-state index is 0.407. The Kier molecular flexibility index (Phi) is 5.77. The molecule has 0 aromatic heterocycles. The van der Waals surface area contributed by atoms with Crippen LogP contribution in [-0.4, -0.2) is 61.0 Å². The van der Waals surface area contributed by atoms with Crippen LogP contribution in [0.4, 0.5) is 0 Å². The molecule has 0 bridgehead atoms. The van der Waals surface area contributed by atoms with Gasteiger partial charge in [0, 0.05) is 19.1 Å². The fraction of sp³-hybridized carbons (Fsp3) is 0.929. The number of primary amides is 1. The summed E-state index contributed by atoms with van der Waals surface area (Å²) in [7, 11) is 4.30. The molecule has 5 heteroatoms. The van der Waals surface area contributed by atoms with E-state index in [1.54, 1.807) is 6.92 Å². The van der Waals surface area contributed by atoms with Crippen LogP contribution in [0.15, 0.2) is 0 Å². The summed E-state index contributed by atoms with van der Waals surface area (Å²) in [5, 5.41) is 0. The maximum absolute atomic E-state index is 11.1. The van der Waals surface area contributed by atoms with Gasteiger partial charge in [-0.2, -0.15) is 0 Å². The van der Waals surface area contributed by atoms with Crippen LogP contribution in [0.2, 0.25) is 0 Å². The zero-order valence-electron chi connectivity index (χ0n) is 12.9. The van der Waals surface area contributed by atoms with E-state index in [-0.39, 0.29) is 0 Å². The minimum atomic E-state index is -0.857. The summed E-state index contributed by atoms with van der Waals surface area (Å²) < 4.78 is 0. The van der Waals surface area contributed by atoms with Crippen LogP contribution in [0.1, 0.15) is 33.1 Å². The second kappa shape index (κ2) is 6.68. The van der Waals surface area contributed by atoms with E-state index >= 15 is 0 Å². The highest BCUT2D eigenvalue weighted by molar-refractivity contribution is 5.83. The predicted octanol–water partition coefficient (Wildman–Crippen LogP) is 0.241. The number of hydrogen-bond donors (Lipinski definition) is 2. The zero-order valence-corrected chi connectivity index (χ0v) is 12.9. The van der Waals surface area contributed by atoms with Crippen LogP contribution in [0, 0.1) is 5.92 Å². The average Bonchev–Trinajstić information content (AvgIpc) is 2.66. The van der Waals surface area contributed by atoms with Crippen molar-refractivity contribution < 1.29 is 4.79 Å². The molecular formula is C14H30N4O. The van der Waals surface area contributed by atoms with Crippen LogP contribution in [0.25, 0.3) is 0 Å². The molecule has 1 aliphatic rings. The molecule has 1 saturated heterocycles. The molecule has 0 aromatic carbocycles. The van der Waals surface area contributed by atoms with E-state index in [1.165, 1.54) is 6.54 Å². The molecule has 0 saturated carbocycles. The van der Waals surface area contributed by atoms with Crippen molar-refractivity contribution in [3.63, 3.8) is 0 Å². The third-order valence-corrected chi connectivity index (χ3v) is 4.29. The first-order chi connectivity index (χ1) is 8.74. The highest BCUT2D eigenvalue weighted by Crippen LogP contribution is 2.20. The number of likely N-dealkylation sites (N-methyl/N-ethyl adjacent to an activating group) is 1. The highest BCUT2D eigenvalue weighted by Gasteiger charge is 2.30. The molecule has 0 aromatic rings. The smallest absolute Gasteiger partial charge is 0.237 e. The quantitative estimate of drug-likeness (QED) is 0.650. The fourth-order valence-electron chi connectivity index (χ4n) is 2.85. The number of nitrogens with two attached hydrogens (primary N) is 2. The molecule has 112 valence electrons. The maximum Gasteiger partial charge on any atom is 0.237 e. The fourth-order valence-corrected chi connectivity index (χ4v) is 2.85. The van der Waals surface area contributed by atoms with Crippen molar-refractivity contribution in [2.75, 3.05) is 33.7 Å². The van der Waals surface area contributed by atoms with E-state index < -0.39 is 11.4 Å². The average molecular weight is 270 g/mol. The van der Waals surface area contributed by atoms with Gasteiger partial charge in [0.1, 0.15) is 0 Å². The van der Waals surface area contributed by atoms with Crippen molar-refractivity contribution in [3.05, 3.63) is 0 Å². The number of carbonyl (C=O) groups excluding carboxylic acids is 1. The summed E-state index contributed by atoms with van der Waals surface area (Å²) in [6, 6.07) is 0.658. The molecule has 0 spiro atoms. The summed E-state index contributed by atoms with van der Waals surface area (Å²) in [5.74, 6) is 0.315. The molecule has 3 atom stereocenters. The molecule has 0 radical (unpaired) electrons. The summed E-state index contributed by atoms with van der Waals surface area (Å²) in [4.78, 5) is 15.9. The first kappa shape index (κ1) is 16.4. The van der Waals surface area contributed by atoms with Crippen molar-refractivity contribution in [1.29, 1.82) is 0 Å². The van der Waals surface area contributed by atoms with E-state index in [4.69, 9.17) is 11.5 Å². The standard InChI is InChI=1S/C14H30N4O/c1-11-9-18(10-12(11)17(3)4)8-6-5-7-14(2,16)13(15)19/h11-12H,5-10,16H2,1-4H3,(H2,15,19). The third kappa shape index (κ3) is 4.75. The highest BCUT2D eigenvalue weighted by atomic mass is 16.1. The third-order valence-electron chi connectivity index (χ3n) is 4.29. The molecule has 4 N–H and O–H groups in total. The second-order valence-corrected chi connectivity index (χ2v) is 6.51. The minimum Gasteiger partial charge on any atom is -0.368 e. The molecule has 1 amide bonds. The number of likely N-dealkylation sites (tertiary alicyclic amines) is 1. The van der Waals surface area contributed by atoms with Crippen LogP contribution in [0.5, 0.6) is 0 Å². The lowest BCUT2D eigenvalue weighted by Crippen LogP contribution is -2.49. The molecule has 0 aliphatic carbocycles. The Labute approximate surface area is 117 Å². The van der Waals surface area contributed by atoms with Gasteiger partial charge in [0.05, 0.1) is 5.54 Å². The number of rotatable bonds is 7. The first-order valence-electron chi connectivity index (χ1n) is 7.21. The van der Waals surface area contributed by atoms with Gasteiger partial charge in [-0.25, -0.2) is 0 Å². The zero-order chi connectivity index (χ0) is 14.6. The maximum atomic E-state index is 11.1. The summed E-state index contributed by atoms with van der Waals surface area (Å²) in [6.45, 7) is 7.43. The van der Waals surface area contributed by atoms with Gasteiger partial charge in [-0.05, 0) is 52.7 Å². The Morgan fingerprint density at radius 3 is 2.47 bits per heavy atom. The van der Waals surface area contributed by atoms with Crippen LogP contribution < -0.4 is 11.5 Å². The van der Waals surface area contributed by atoms with Crippen LogP contribution in [-0.2, 0) is 4.79 Å². The Bertz CT molecular complexity index is 304. The van der Waals surface area contributed by atoms with E-state index in [2.05, 4.69) is 30.8 Å². The van der Waals surface area contributed by atoms with Crippen molar-refractivity contribution >= 4 is 5.91 Å². The van der Waals surface area contributed by atoms with Gasteiger partial charge in [0.25, 0.3) is 0 Å².